The zero-order valence-electron chi connectivity index (χ0n) is 12.6. The molecule has 0 aliphatic rings. The van der Waals surface area contributed by atoms with Gasteiger partial charge >= 0.3 is 0 Å². The highest BCUT2D eigenvalue weighted by atomic mass is 16.5. The van der Waals surface area contributed by atoms with Crippen molar-refractivity contribution in [1.29, 1.82) is 0 Å². The molecule has 2 N–H and O–H groups in total. The summed E-state index contributed by atoms with van der Waals surface area (Å²) in [7, 11) is 3.29. The third-order valence-electron chi connectivity index (χ3n) is 3.49. The van der Waals surface area contributed by atoms with Crippen molar-refractivity contribution in [3.05, 3.63) is 53.6 Å². The van der Waals surface area contributed by atoms with Gasteiger partial charge in [-0.15, -0.1) is 0 Å². The van der Waals surface area contributed by atoms with Crippen molar-refractivity contribution in [1.82, 2.24) is 5.32 Å². The maximum absolute atomic E-state index is 9.32. The summed E-state index contributed by atoms with van der Waals surface area (Å²) in [6.45, 7) is 2.78. The van der Waals surface area contributed by atoms with Crippen molar-refractivity contribution in [3.8, 4) is 17.2 Å². The van der Waals surface area contributed by atoms with Crippen molar-refractivity contribution in [2.45, 2.75) is 19.5 Å². The number of aromatic hydroxyl groups is 1. The molecule has 4 heteroatoms. The lowest BCUT2D eigenvalue weighted by molar-refractivity contribution is 0.389. The lowest BCUT2D eigenvalue weighted by Crippen LogP contribution is -2.18. The molecule has 0 saturated carbocycles. The topological polar surface area (TPSA) is 50.7 Å². The second kappa shape index (κ2) is 6.99. The molecule has 0 aliphatic heterocycles. The molecule has 4 nitrogen and oxygen atoms in total. The smallest absolute Gasteiger partial charge is 0.127 e. The van der Waals surface area contributed by atoms with E-state index in [4.69, 9.17) is 9.47 Å². The Balaban J connectivity index is 2.03. The fourth-order valence-corrected chi connectivity index (χ4v) is 2.14. The molecule has 2 rings (SSSR count). The van der Waals surface area contributed by atoms with Gasteiger partial charge in [-0.05, 0) is 30.7 Å². The number of benzene rings is 2. The van der Waals surface area contributed by atoms with Crippen LogP contribution in [0.4, 0.5) is 0 Å². The number of rotatable bonds is 6. The molecule has 2 aromatic carbocycles. The molecule has 0 saturated heterocycles. The van der Waals surface area contributed by atoms with Crippen LogP contribution < -0.4 is 14.8 Å². The first-order chi connectivity index (χ1) is 10.1. The van der Waals surface area contributed by atoms with Gasteiger partial charge in [-0.3, -0.25) is 0 Å². The van der Waals surface area contributed by atoms with Crippen LogP contribution in [0, 0.1) is 0 Å². The minimum absolute atomic E-state index is 0.178. The van der Waals surface area contributed by atoms with E-state index in [0.717, 1.165) is 22.6 Å². The van der Waals surface area contributed by atoms with Gasteiger partial charge in [-0.25, -0.2) is 0 Å². The summed E-state index contributed by atoms with van der Waals surface area (Å²) in [6, 6.07) is 13.2. The summed E-state index contributed by atoms with van der Waals surface area (Å²) in [4.78, 5) is 0. The largest absolute Gasteiger partial charge is 0.508 e. The molecule has 21 heavy (non-hydrogen) atoms. The zero-order valence-corrected chi connectivity index (χ0v) is 12.6. The molecule has 112 valence electrons. The summed E-state index contributed by atoms with van der Waals surface area (Å²) >= 11 is 0. The molecule has 0 amide bonds. The molecule has 0 heterocycles. The quantitative estimate of drug-likeness (QED) is 0.856. The molecular weight excluding hydrogens is 266 g/mol. The summed E-state index contributed by atoms with van der Waals surface area (Å²) in [5.41, 5.74) is 2.20. The van der Waals surface area contributed by atoms with Crippen LogP contribution in [0.2, 0.25) is 0 Å². The van der Waals surface area contributed by atoms with Crippen LogP contribution in [0.3, 0.4) is 0 Å². The number of methoxy groups -OCH3 is 2. The first kappa shape index (κ1) is 15.2. The van der Waals surface area contributed by atoms with E-state index in [1.807, 2.05) is 30.3 Å². The fraction of sp³-hybridized carbons (Fsp3) is 0.294. The van der Waals surface area contributed by atoms with Gasteiger partial charge in [0.1, 0.15) is 17.2 Å². The van der Waals surface area contributed by atoms with E-state index in [1.54, 1.807) is 26.4 Å². The first-order valence-electron chi connectivity index (χ1n) is 6.87. The second-order valence-corrected chi connectivity index (χ2v) is 4.87. The van der Waals surface area contributed by atoms with Crippen LogP contribution in [0.25, 0.3) is 0 Å². The number of phenolic OH excluding ortho intramolecular Hbond substituents is 1. The fourth-order valence-electron chi connectivity index (χ4n) is 2.14. The van der Waals surface area contributed by atoms with Gasteiger partial charge in [0, 0.05) is 24.2 Å². The van der Waals surface area contributed by atoms with E-state index < -0.39 is 0 Å². The molecule has 0 bridgehead atoms. The number of hydrogen-bond acceptors (Lipinski definition) is 4. The van der Waals surface area contributed by atoms with Gasteiger partial charge in [-0.2, -0.15) is 0 Å². The first-order valence-corrected chi connectivity index (χ1v) is 6.87. The van der Waals surface area contributed by atoms with Gasteiger partial charge in [0.25, 0.3) is 0 Å². The Labute approximate surface area is 125 Å². The molecule has 0 aromatic heterocycles. The predicted octanol–water partition coefficient (Wildman–Crippen LogP) is 3.26. The summed E-state index contributed by atoms with van der Waals surface area (Å²) in [5.74, 6) is 1.87. The van der Waals surface area contributed by atoms with Crippen LogP contribution in [0.1, 0.15) is 24.1 Å². The molecular formula is C17H21NO3. The predicted molar refractivity (Wildman–Crippen MR) is 82.9 cm³/mol. The molecule has 0 radical (unpaired) electrons. The average Bonchev–Trinajstić information content (AvgIpc) is 2.53. The number of hydrogen-bond donors (Lipinski definition) is 2. The van der Waals surface area contributed by atoms with Crippen LogP contribution in [-0.2, 0) is 6.54 Å². The monoisotopic (exact) mass is 287 g/mol. The van der Waals surface area contributed by atoms with E-state index in [9.17, 15) is 5.11 Å². The number of nitrogens with one attached hydrogen (secondary N) is 1. The van der Waals surface area contributed by atoms with Crippen LogP contribution in [0.15, 0.2) is 42.5 Å². The minimum Gasteiger partial charge on any atom is -0.508 e. The maximum Gasteiger partial charge on any atom is 0.127 e. The van der Waals surface area contributed by atoms with Crippen LogP contribution >= 0.6 is 0 Å². The van der Waals surface area contributed by atoms with E-state index >= 15 is 0 Å². The van der Waals surface area contributed by atoms with Crippen molar-refractivity contribution in [3.63, 3.8) is 0 Å². The van der Waals surface area contributed by atoms with Crippen LogP contribution in [0.5, 0.6) is 17.2 Å². The molecule has 2 aromatic rings. The number of phenols is 1. The highest BCUT2D eigenvalue weighted by molar-refractivity contribution is 5.40. The van der Waals surface area contributed by atoms with Gasteiger partial charge < -0.3 is 19.9 Å². The molecule has 1 atom stereocenters. The van der Waals surface area contributed by atoms with Crippen LogP contribution in [-0.4, -0.2) is 19.3 Å². The summed E-state index contributed by atoms with van der Waals surface area (Å²) in [6.07, 6.45) is 0. The van der Waals surface area contributed by atoms with E-state index in [0.29, 0.717) is 6.54 Å². The molecule has 0 spiro atoms. The van der Waals surface area contributed by atoms with Crippen molar-refractivity contribution in [2.75, 3.05) is 14.2 Å². The SMILES string of the molecule is COc1ccc(CNC(C)c2ccc(O)cc2)c(OC)c1. The highest BCUT2D eigenvalue weighted by Crippen LogP contribution is 2.25. The second-order valence-electron chi connectivity index (χ2n) is 4.87. The minimum atomic E-state index is 0.178. The van der Waals surface area contributed by atoms with Gasteiger partial charge in [0.15, 0.2) is 0 Å². The lowest BCUT2D eigenvalue weighted by Gasteiger charge is -2.16. The Morgan fingerprint density at radius 1 is 1.05 bits per heavy atom. The Hall–Kier alpha value is -2.20. The van der Waals surface area contributed by atoms with Gasteiger partial charge in [0.2, 0.25) is 0 Å². The Kier molecular flexibility index (Phi) is 5.06. The Morgan fingerprint density at radius 3 is 2.38 bits per heavy atom. The normalized spacial score (nSPS) is 12.0. The van der Waals surface area contributed by atoms with E-state index in [1.165, 1.54) is 0 Å². The van der Waals surface area contributed by atoms with Crippen molar-refractivity contribution < 1.29 is 14.6 Å². The van der Waals surface area contributed by atoms with E-state index in [2.05, 4.69) is 12.2 Å². The summed E-state index contributed by atoms with van der Waals surface area (Å²) in [5, 5.41) is 12.8. The maximum atomic E-state index is 9.32. The van der Waals surface area contributed by atoms with Gasteiger partial charge in [-0.1, -0.05) is 18.2 Å². The van der Waals surface area contributed by atoms with E-state index in [-0.39, 0.29) is 11.8 Å². The van der Waals surface area contributed by atoms with Crippen molar-refractivity contribution >= 4 is 0 Å². The lowest BCUT2D eigenvalue weighted by atomic mass is 10.1. The Morgan fingerprint density at radius 2 is 1.76 bits per heavy atom. The van der Waals surface area contributed by atoms with Crippen molar-refractivity contribution in [2.24, 2.45) is 0 Å². The number of ether oxygens (including phenoxy) is 2. The molecule has 1 unspecified atom stereocenters. The highest BCUT2D eigenvalue weighted by Gasteiger charge is 2.08. The summed E-state index contributed by atoms with van der Waals surface area (Å²) < 4.78 is 10.6. The van der Waals surface area contributed by atoms with Gasteiger partial charge in [0.05, 0.1) is 14.2 Å². The standard InChI is InChI=1S/C17H21NO3/c1-12(13-4-7-15(19)8-5-13)18-11-14-6-9-16(20-2)10-17(14)21-3/h4-10,12,18-19H,11H2,1-3H3. The zero-order chi connectivity index (χ0) is 15.2. The molecule has 0 aliphatic carbocycles. The molecule has 0 fully saturated rings. The average molecular weight is 287 g/mol. The Bertz CT molecular complexity index is 581. The third kappa shape index (κ3) is 3.89. The third-order valence-corrected chi connectivity index (χ3v) is 3.49.